The molecule has 0 aromatic carbocycles. The highest BCUT2D eigenvalue weighted by molar-refractivity contribution is 5.93. The summed E-state index contributed by atoms with van der Waals surface area (Å²) in [6.45, 7) is 4.58. The van der Waals surface area contributed by atoms with E-state index in [1.165, 1.54) is 0 Å². The Morgan fingerprint density at radius 2 is 2.08 bits per heavy atom. The second-order valence-electron chi connectivity index (χ2n) is 6.57. The zero-order valence-electron chi connectivity index (χ0n) is 15.1. The van der Waals surface area contributed by atoms with Gasteiger partial charge in [0.15, 0.2) is 11.3 Å². The Kier molecular flexibility index (Phi) is 4.02. The van der Waals surface area contributed by atoms with E-state index in [-0.39, 0.29) is 11.9 Å². The molecule has 1 atom stereocenters. The minimum atomic E-state index is -0.0910. The van der Waals surface area contributed by atoms with Gasteiger partial charge in [-0.3, -0.25) is 9.78 Å². The molecule has 4 rings (SSSR count). The number of nitrogens with one attached hydrogen (secondary N) is 1. The molecule has 8 heteroatoms. The Labute approximate surface area is 151 Å². The van der Waals surface area contributed by atoms with Gasteiger partial charge in [0.1, 0.15) is 5.82 Å². The van der Waals surface area contributed by atoms with Crippen LogP contribution in [-0.2, 0) is 0 Å². The molecule has 1 saturated heterocycles. The van der Waals surface area contributed by atoms with Crippen molar-refractivity contribution in [1.29, 1.82) is 0 Å². The van der Waals surface area contributed by atoms with E-state index in [1.54, 1.807) is 30.0 Å². The van der Waals surface area contributed by atoms with Crippen LogP contribution < -0.4 is 5.32 Å². The first kappa shape index (κ1) is 16.4. The predicted octanol–water partition coefficient (Wildman–Crippen LogP) is 2.16. The fourth-order valence-corrected chi connectivity index (χ4v) is 3.52. The van der Waals surface area contributed by atoms with E-state index in [0.29, 0.717) is 23.7 Å². The lowest BCUT2D eigenvalue weighted by Crippen LogP contribution is -2.31. The van der Waals surface area contributed by atoms with Crippen LogP contribution in [0.1, 0.15) is 46.5 Å². The first-order valence-corrected chi connectivity index (χ1v) is 8.71. The van der Waals surface area contributed by atoms with Crippen LogP contribution in [0.15, 0.2) is 24.5 Å². The van der Waals surface area contributed by atoms with Crippen molar-refractivity contribution in [2.24, 2.45) is 0 Å². The van der Waals surface area contributed by atoms with Gasteiger partial charge in [0.2, 0.25) is 0 Å². The molecule has 1 aliphatic rings. The molecule has 3 aromatic rings. The van der Waals surface area contributed by atoms with E-state index < -0.39 is 0 Å². The summed E-state index contributed by atoms with van der Waals surface area (Å²) in [6.07, 6.45) is 5.21. The Bertz CT molecular complexity index is 981. The van der Waals surface area contributed by atoms with Gasteiger partial charge in [0.25, 0.3) is 5.91 Å². The third kappa shape index (κ3) is 2.77. The number of carbonyl (C=O) groups excluding carboxylic acids is 1. The minimum Gasteiger partial charge on any atom is -0.372 e. The topological polar surface area (TPSA) is 88.3 Å². The molecule has 0 bridgehead atoms. The van der Waals surface area contributed by atoms with Crippen LogP contribution in [0.2, 0.25) is 0 Å². The molecule has 0 radical (unpaired) electrons. The monoisotopic (exact) mass is 351 g/mol. The molecule has 8 nitrogen and oxygen atoms in total. The summed E-state index contributed by atoms with van der Waals surface area (Å²) in [5.74, 6) is 0.608. The van der Waals surface area contributed by atoms with Gasteiger partial charge >= 0.3 is 0 Å². The number of rotatable bonds is 3. The van der Waals surface area contributed by atoms with Gasteiger partial charge in [-0.1, -0.05) is 0 Å². The molecule has 3 aromatic heterocycles. The molecule has 26 heavy (non-hydrogen) atoms. The third-order valence-electron chi connectivity index (χ3n) is 4.72. The smallest absolute Gasteiger partial charge is 0.275 e. The highest BCUT2D eigenvalue weighted by Crippen LogP contribution is 2.32. The number of likely N-dealkylation sites (tertiary alicyclic amines) is 1. The Morgan fingerprint density at radius 3 is 2.88 bits per heavy atom. The van der Waals surface area contributed by atoms with Crippen molar-refractivity contribution in [1.82, 2.24) is 29.5 Å². The largest absolute Gasteiger partial charge is 0.372 e. The number of hydrogen-bond donors (Lipinski definition) is 1. The molecule has 0 spiro atoms. The van der Waals surface area contributed by atoms with E-state index in [0.717, 1.165) is 29.9 Å². The van der Waals surface area contributed by atoms with Crippen LogP contribution in [0.25, 0.3) is 5.65 Å². The molecular weight excluding hydrogens is 330 g/mol. The predicted molar refractivity (Wildman–Crippen MR) is 97.1 cm³/mol. The number of aryl methyl sites for hydroxylation is 2. The number of hydrogen-bond acceptors (Lipinski definition) is 6. The van der Waals surface area contributed by atoms with Crippen molar-refractivity contribution >= 4 is 17.4 Å². The summed E-state index contributed by atoms with van der Waals surface area (Å²) in [5, 5.41) is 7.47. The van der Waals surface area contributed by atoms with Gasteiger partial charge in [-0.15, -0.1) is 0 Å². The van der Waals surface area contributed by atoms with Crippen LogP contribution in [0.3, 0.4) is 0 Å². The number of carbonyl (C=O) groups is 1. The Balaban J connectivity index is 1.67. The highest BCUT2D eigenvalue weighted by Gasteiger charge is 2.33. The second-order valence-corrected chi connectivity index (χ2v) is 6.57. The fourth-order valence-electron chi connectivity index (χ4n) is 3.52. The van der Waals surface area contributed by atoms with E-state index in [4.69, 9.17) is 0 Å². The lowest BCUT2D eigenvalue weighted by Gasteiger charge is -2.23. The number of amides is 1. The Hall–Kier alpha value is -3.03. The SMILES string of the molecule is CNc1cncc(C2CCCN2C(=O)c2cc3nc(C)cc(C)n3n2)n1. The van der Waals surface area contributed by atoms with E-state index >= 15 is 0 Å². The van der Waals surface area contributed by atoms with Gasteiger partial charge in [0.05, 0.1) is 24.1 Å². The van der Waals surface area contributed by atoms with E-state index in [1.807, 2.05) is 24.8 Å². The summed E-state index contributed by atoms with van der Waals surface area (Å²) in [4.78, 5) is 28.2. The Morgan fingerprint density at radius 1 is 1.23 bits per heavy atom. The van der Waals surface area contributed by atoms with E-state index in [9.17, 15) is 4.79 Å². The number of fused-ring (bicyclic) bond motifs is 1. The summed E-state index contributed by atoms with van der Waals surface area (Å²) < 4.78 is 1.72. The quantitative estimate of drug-likeness (QED) is 0.778. The third-order valence-corrected chi connectivity index (χ3v) is 4.72. The van der Waals surface area contributed by atoms with Gasteiger partial charge in [-0.05, 0) is 32.8 Å². The lowest BCUT2D eigenvalue weighted by atomic mass is 10.1. The zero-order chi connectivity index (χ0) is 18.3. The molecule has 1 amide bonds. The lowest BCUT2D eigenvalue weighted by molar-refractivity contribution is 0.0726. The summed E-state index contributed by atoms with van der Waals surface area (Å²) in [7, 11) is 1.80. The van der Waals surface area contributed by atoms with Crippen molar-refractivity contribution in [2.45, 2.75) is 32.7 Å². The van der Waals surface area contributed by atoms with Gasteiger partial charge in [-0.2, -0.15) is 5.10 Å². The van der Waals surface area contributed by atoms with Crippen molar-refractivity contribution in [3.05, 3.63) is 47.3 Å². The van der Waals surface area contributed by atoms with Crippen LogP contribution in [0, 0.1) is 13.8 Å². The van der Waals surface area contributed by atoms with Crippen molar-refractivity contribution in [3.8, 4) is 0 Å². The molecule has 0 aliphatic carbocycles. The number of nitrogens with zero attached hydrogens (tertiary/aromatic N) is 6. The maximum Gasteiger partial charge on any atom is 0.275 e. The molecule has 0 saturated carbocycles. The van der Waals surface area contributed by atoms with Gasteiger partial charge in [-0.25, -0.2) is 14.5 Å². The number of aromatic nitrogens is 5. The van der Waals surface area contributed by atoms with Crippen LogP contribution in [0.5, 0.6) is 0 Å². The standard InChI is InChI=1S/C18H21N7O/c1-11-7-12(2)25-17(21-11)8-13(23-25)18(26)24-6-4-5-15(24)14-9-20-10-16(19-3)22-14/h7-10,15H,4-6H2,1-3H3,(H,19,22). The highest BCUT2D eigenvalue weighted by atomic mass is 16.2. The maximum absolute atomic E-state index is 13.1. The van der Waals surface area contributed by atoms with Crippen molar-refractivity contribution < 1.29 is 4.79 Å². The van der Waals surface area contributed by atoms with Gasteiger partial charge in [0, 0.05) is 31.0 Å². The fraction of sp³-hybridized carbons (Fsp3) is 0.389. The van der Waals surface area contributed by atoms with Gasteiger partial charge < -0.3 is 10.2 Å². The second kappa shape index (κ2) is 6.36. The van der Waals surface area contributed by atoms with Crippen LogP contribution >= 0.6 is 0 Å². The first-order chi connectivity index (χ1) is 12.6. The van der Waals surface area contributed by atoms with Crippen molar-refractivity contribution in [3.63, 3.8) is 0 Å². The summed E-state index contributed by atoms with van der Waals surface area (Å²) >= 11 is 0. The average Bonchev–Trinajstić information content (AvgIpc) is 3.28. The molecule has 1 fully saturated rings. The average molecular weight is 351 g/mol. The molecule has 1 N–H and O–H groups in total. The molecule has 1 aliphatic heterocycles. The van der Waals surface area contributed by atoms with Crippen LogP contribution in [0.4, 0.5) is 5.82 Å². The summed E-state index contributed by atoms with van der Waals surface area (Å²) in [5.41, 5.74) is 3.77. The molecular formula is C18H21N7O. The first-order valence-electron chi connectivity index (χ1n) is 8.71. The van der Waals surface area contributed by atoms with Crippen molar-refractivity contribution in [2.75, 3.05) is 18.9 Å². The molecule has 4 heterocycles. The van der Waals surface area contributed by atoms with E-state index in [2.05, 4.69) is 25.4 Å². The molecule has 1 unspecified atom stereocenters. The number of anilines is 1. The molecule has 134 valence electrons. The zero-order valence-corrected chi connectivity index (χ0v) is 15.1. The minimum absolute atomic E-state index is 0.0797. The normalized spacial score (nSPS) is 17.0. The maximum atomic E-state index is 13.1. The van der Waals surface area contributed by atoms with Crippen LogP contribution in [-0.4, -0.2) is 49.0 Å². The summed E-state index contributed by atoms with van der Waals surface area (Å²) in [6, 6.07) is 3.63.